The molecule has 168 valence electrons. The van der Waals surface area contributed by atoms with Gasteiger partial charge in [-0.2, -0.15) is 0 Å². The Balaban J connectivity index is 1.29. The van der Waals surface area contributed by atoms with Crippen molar-refractivity contribution in [2.45, 2.75) is 22.0 Å². The lowest BCUT2D eigenvalue weighted by atomic mass is 10.2. The minimum atomic E-state index is -0.246. The van der Waals surface area contributed by atoms with Gasteiger partial charge in [-0.05, 0) is 66.5 Å². The molecule has 1 amide bonds. The lowest BCUT2D eigenvalue weighted by molar-refractivity contribution is 0.102. The molecule has 2 aromatic carbocycles. The van der Waals surface area contributed by atoms with Gasteiger partial charge in [-0.15, -0.1) is 0 Å². The molecular weight excluding hydrogens is 478 g/mol. The first-order valence-electron chi connectivity index (χ1n) is 10.3. The summed E-state index contributed by atoms with van der Waals surface area (Å²) >= 11 is 9.07. The standard InChI is InChI=1S/C22H20ClN7OS2/c23-17-5-2-1-4-16(17)20(31)26-14-6-8-15(9-7-14)32-22-28-18(27-21-24-13-25-33-21)12-19(29-22)30-10-3-11-30/h1-2,4-9,12-13,21H,3,10-11H2,(H,24,25)(H,26,31)(H,27,28,29). The number of anilines is 3. The van der Waals surface area contributed by atoms with Gasteiger partial charge in [0.1, 0.15) is 11.6 Å². The Bertz CT molecular complexity index is 1190. The zero-order valence-corrected chi connectivity index (χ0v) is 19.8. The predicted molar refractivity (Wildman–Crippen MR) is 135 cm³/mol. The molecule has 0 saturated carbocycles. The van der Waals surface area contributed by atoms with Gasteiger partial charge in [0.15, 0.2) is 10.7 Å². The van der Waals surface area contributed by atoms with Crippen LogP contribution in [-0.2, 0) is 0 Å². The fraction of sp³-hybridized carbons (Fsp3) is 0.182. The van der Waals surface area contributed by atoms with Gasteiger partial charge in [-0.25, -0.2) is 15.0 Å². The highest BCUT2D eigenvalue weighted by atomic mass is 35.5. The average molecular weight is 498 g/mol. The Morgan fingerprint density at radius 1 is 1.15 bits per heavy atom. The number of halogens is 1. The van der Waals surface area contributed by atoms with Crippen molar-refractivity contribution < 1.29 is 4.79 Å². The molecule has 2 aliphatic heterocycles. The smallest absolute Gasteiger partial charge is 0.257 e. The number of hydrogen-bond donors (Lipinski definition) is 3. The second-order valence-corrected chi connectivity index (χ2v) is 9.67. The van der Waals surface area contributed by atoms with E-state index in [2.05, 4.69) is 30.2 Å². The van der Waals surface area contributed by atoms with Crippen LogP contribution in [0.2, 0.25) is 5.02 Å². The SMILES string of the molecule is O=C(Nc1ccc(Sc2nc(NC3N=CNS3)cc(N3CCC3)n2)cc1)c1ccccc1Cl. The highest BCUT2D eigenvalue weighted by Crippen LogP contribution is 2.31. The van der Waals surface area contributed by atoms with Gasteiger partial charge in [0.25, 0.3) is 5.91 Å². The summed E-state index contributed by atoms with van der Waals surface area (Å²) in [5, 5.41) is 7.26. The fourth-order valence-electron chi connectivity index (χ4n) is 3.21. The lowest BCUT2D eigenvalue weighted by Crippen LogP contribution is -2.37. The van der Waals surface area contributed by atoms with E-state index in [1.54, 1.807) is 30.6 Å². The Labute approximate surface area is 204 Å². The van der Waals surface area contributed by atoms with Crippen molar-refractivity contribution in [3.8, 4) is 0 Å². The maximum atomic E-state index is 12.5. The molecule has 0 bridgehead atoms. The quantitative estimate of drug-likeness (QED) is 0.319. The molecular formula is C22H20ClN7OS2. The van der Waals surface area contributed by atoms with Crippen molar-refractivity contribution in [3.05, 3.63) is 65.2 Å². The van der Waals surface area contributed by atoms with E-state index in [0.29, 0.717) is 21.4 Å². The summed E-state index contributed by atoms with van der Waals surface area (Å²) in [6.07, 6.45) is 2.84. The zero-order chi connectivity index (χ0) is 22.6. The highest BCUT2D eigenvalue weighted by Gasteiger charge is 2.20. The van der Waals surface area contributed by atoms with Crippen LogP contribution < -0.4 is 20.3 Å². The largest absolute Gasteiger partial charge is 0.356 e. The normalized spacial score (nSPS) is 16.8. The number of nitrogens with zero attached hydrogens (tertiary/aromatic N) is 4. The topological polar surface area (TPSA) is 94.5 Å². The summed E-state index contributed by atoms with van der Waals surface area (Å²) in [5.41, 5.74) is 1.00. The van der Waals surface area contributed by atoms with Crippen LogP contribution in [0.25, 0.3) is 0 Å². The second kappa shape index (κ2) is 9.90. The highest BCUT2D eigenvalue weighted by molar-refractivity contribution is 7.99. The Morgan fingerprint density at radius 2 is 1.97 bits per heavy atom. The summed E-state index contributed by atoms with van der Waals surface area (Å²) in [5.74, 6) is 1.39. The minimum Gasteiger partial charge on any atom is -0.356 e. The van der Waals surface area contributed by atoms with E-state index in [0.717, 1.165) is 29.6 Å². The van der Waals surface area contributed by atoms with Crippen molar-refractivity contribution in [3.63, 3.8) is 0 Å². The van der Waals surface area contributed by atoms with E-state index in [9.17, 15) is 4.79 Å². The molecule has 5 rings (SSSR count). The molecule has 1 aromatic heterocycles. The number of aliphatic imine (C=N–C) groups is 1. The number of hydrogen-bond acceptors (Lipinski definition) is 9. The predicted octanol–water partition coefficient (Wildman–Crippen LogP) is 4.72. The van der Waals surface area contributed by atoms with Gasteiger partial charge in [-0.3, -0.25) is 4.79 Å². The minimum absolute atomic E-state index is 0.122. The zero-order valence-electron chi connectivity index (χ0n) is 17.4. The molecule has 0 spiro atoms. The summed E-state index contributed by atoms with van der Waals surface area (Å²) in [6, 6.07) is 16.5. The third-order valence-electron chi connectivity index (χ3n) is 5.03. The number of carbonyl (C=O) groups excluding carboxylic acids is 1. The number of aromatic nitrogens is 2. The Hall–Kier alpha value is -2.95. The molecule has 8 nitrogen and oxygen atoms in total. The van der Waals surface area contributed by atoms with Crippen LogP contribution in [0.3, 0.4) is 0 Å². The van der Waals surface area contributed by atoms with Gasteiger partial charge in [0, 0.05) is 29.7 Å². The fourth-order valence-corrected chi connectivity index (χ4v) is 4.75. The number of rotatable bonds is 7. The molecule has 1 atom stereocenters. The van der Waals surface area contributed by atoms with Gasteiger partial charge >= 0.3 is 0 Å². The van der Waals surface area contributed by atoms with E-state index in [-0.39, 0.29) is 11.4 Å². The Kier molecular flexibility index (Phi) is 6.56. The van der Waals surface area contributed by atoms with Crippen LogP contribution in [0.4, 0.5) is 17.3 Å². The third kappa shape index (κ3) is 5.35. The molecule has 3 aromatic rings. The Morgan fingerprint density at radius 3 is 2.67 bits per heavy atom. The van der Waals surface area contributed by atoms with Gasteiger partial charge in [0.2, 0.25) is 0 Å². The van der Waals surface area contributed by atoms with Crippen LogP contribution in [0.1, 0.15) is 16.8 Å². The van der Waals surface area contributed by atoms with Gasteiger partial charge in [-0.1, -0.05) is 23.7 Å². The number of nitrogens with one attached hydrogen (secondary N) is 3. The second-order valence-electron chi connectivity index (χ2n) is 7.31. The van der Waals surface area contributed by atoms with E-state index in [4.69, 9.17) is 16.6 Å². The van der Waals surface area contributed by atoms with Crippen LogP contribution >= 0.6 is 35.3 Å². The third-order valence-corrected chi connectivity index (χ3v) is 6.93. The summed E-state index contributed by atoms with van der Waals surface area (Å²) < 4.78 is 3.01. The van der Waals surface area contributed by atoms with E-state index < -0.39 is 0 Å². The van der Waals surface area contributed by atoms with Gasteiger partial charge < -0.3 is 20.3 Å². The molecule has 1 unspecified atom stereocenters. The molecule has 0 radical (unpaired) electrons. The van der Waals surface area contributed by atoms with Crippen LogP contribution in [0.5, 0.6) is 0 Å². The molecule has 3 heterocycles. The molecule has 0 aliphatic carbocycles. The lowest BCUT2D eigenvalue weighted by Gasteiger charge is -2.32. The monoisotopic (exact) mass is 497 g/mol. The molecule has 33 heavy (non-hydrogen) atoms. The van der Waals surface area contributed by atoms with Crippen LogP contribution in [0.15, 0.2) is 69.6 Å². The first kappa shape index (κ1) is 21.9. The maximum absolute atomic E-state index is 12.5. The number of amides is 1. The van der Waals surface area contributed by atoms with Crippen LogP contribution in [0, 0.1) is 0 Å². The average Bonchev–Trinajstić information content (AvgIpc) is 3.27. The summed E-state index contributed by atoms with van der Waals surface area (Å²) in [7, 11) is 0. The number of carbonyl (C=O) groups is 1. The summed E-state index contributed by atoms with van der Waals surface area (Å²) in [6.45, 7) is 2.00. The van der Waals surface area contributed by atoms with Crippen molar-refractivity contribution in [1.29, 1.82) is 0 Å². The molecule has 3 N–H and O–H groups in total. The van der Waals surface area contributed by atoms with E-state index in [1.807, 2.05) is 30.3 Å². The molecule has 1 fully saturated rings. The number of benzene rings is 2. The van der Waals surface area contributed by atoms with Crippen molar-refractivity contribution in [2.24, 2.45) is 4.99 Å². The first-order chi connectivity index (χ1) is 16.1. The van der Waals surface area contributed by atoms with E-state index >= 15 is 0 Å². The first-order valence-corrected chi connectivity index (χ1v) is 12.4. The summed E-state index contributed by atoms with van der Waals surface area (Å²) in [4.78, 5) is 29.4. The van der Waals surface area contributed by atoms with Crippen molar-refractivity contribution >= 4 is 64.9 Å². The molecule has 2 aliphatic rings. The van der Waals surface area contributed by atoms with Gasteiger partial charge in [0.05, 0.1) is 16.9 Å². The van der Waals surface area contributed by atoms with Crippen molar-refractivity contribution in [1.82, 2.24) is 14.7 Å². The molecule has 1 saturated heterocycles. The maximum Gasteiger partial charge on any atom is 0.257 e. The van der Waals surface area contributed by atoms with E-state index in [1.165, 1.54) is 30.1 Å². The van der Waals surface area contributed by atoms with Crippen molar-refractivity contribution in [2.75, 3.05) is 28.6 Å². The van der Waals surface area contributed by atoms with Crippen LogP contribution in [-0.4, -0.2) is 40.8 Å². The molecule has 11 heteroatoms.